The first-order chi connectivity index (χ1) is 9.50. The van der Waals surface area contributed by atoms with Crippen molar-refractivity contribution in [3.8, 4) is 0 Å². The fraction of sp³-hybridized carbons (Fsp3) is 0.588. The molecule has 3 N–H and O–H groups in total. The number of rotatable bonds is 5. The summed E-state index contributed by atoms with van der Waals surface area (Å²) >= 11 is 0. The Kier molecular flexibility index (Phi) is 4.48. The highest BCUT2D eigenvalue weighted by Crippen LogP contribution is 2.40. The first kappa shape index (κ1) is 15.0. The molecule has 3 heteroatoms. The number of nitrogens with two attached hydrogens (primary N) is 1. The first-order valence-electron chi connectivity index (χ1n) is 7.63. The second-order valence-corrected chi connectivity index (χ2v) is 6.31. The van der Waals surface area contributed by atoms with E-state index >= 15 is 0 Å². The molecule has 110 valence electrons. The molecule has 3 nitrogen and oxygen atoms in total. The fourth-order valence-electron chi connectivity index (χ4n) is 3.15. The number of carbonyl (C=O) groups is 1. The Morgan fingerprint density at radius 1 is 1.30 bits per heavy atom. The Morgan fingerprint density at radius 2 is 1.90 bits per heavy atom. The SMILES string of the molecule is CCC1(CNC(=O)C(C)(N)c2ccccc2)CCCC1. The van der Waals surface area contributed by atoms with Crippen LogP contribution in [-0.4, -0.2) is 12.5 Å². The lowest BCUT2D eigenvalue weighted by Gasteiger charge is -2.31. The molecule has 20 heavy (non-hydrogen) atoms. The minimum Gasteiger partial charge on any atom is -0.354 e. The fourth-order valence-corrected chi connectivity index (χ4v) is 3.15. The van der Waals surface area contributed by atoms with Gasteiger partial charge < -0.3 is 11.1 Å². The number of hydrogen-bond donors (Lipinski definition) is 2. The van der Waals surface area contributed by atoms with Crippen LogP contribution in [0.1, 0.15) is 51.5 Å². The molecule has 0 aliphatic heterocycles. The topological polar surface area (TPSA) is 55.1 Å². The van der Waals surface area contributed by atoms with Crippen molar-refractivity contribution in [1.29, 1.82) is 0 Å². The highest BCUT2D eigenvalue weighted by molar-refractivity contribution is 5.87. The predicted octanol–water partition coefficient (Wildman–Crippen LogP) is 2.95. The summed E-state index contributed by atoms with van der Waals surface area (Å²) in [6.07, 6.45) is 6.12. The van der Waals surface area contributed by atoms with Crippen molar-refractivity contribution in [3.05, 3.63) is 35.9 Å². The van der Waals surface area contributed by atoms with E-state index in [4.69, 9.17) is 5.73 Å². The van der Waals surface area contributed by atoms with Gasteiger partial charge in [0, 0.05) is 6.54 Å². The smallest absolute Gasteiger partial charge is 0.244 e. The van der Waals surface area contributed by atoms with Crippen molar-refractivity contribution in [3.63, 3.8) is 0 Å². The van der Waals surface area contributed by atoms with Crippen molar-refractivity contribution in [2.75, 3.05) is 6.54 Å². The second kappa shape index (κ2) is 5.96. The van der Waals surface area contributed by atoms with Crippen LogP contribution in [0.4, 0.5) is 0 Å². The number of hydrogen-bond acceptors (Lipinski definition) is 2. The van der Waals surface area contributed by atoms with Gasteiger partial charge in [-0.05, 0) is 37.2 Å². The van der Waals surface area contributed by atoms with Gasteiger partial charge in [0.05, 0.1) is 0 Å². The van der Waals surface area contributed by atoms with Gasteiger partial charge in [-0.2, -0.15) is 0 Å². The van der Waals surface area contributed by atoms with E-state index in [1.54, 1.807) is 6.92 Å². The van der Waals surface area contributed by atoms with Crippen LogP contribution >= 0.6 is 0 Å². The third kappa shape index (κ3) is 3.04. The maximum Gasteiger partial charge on any atom is 0.244 e. The molecule has 2 rings (SSSR count). The molecule has 1 aliphatic rings. The van der Waals surface area contributed by atoms with Crippen molar-refractivity contribution < 1.29 is 4.79 Å². The quantitative estimate of drug-likeness (QED) is 0.867. The van der Waals surface area contributed by atoms with Gasteiger partial charge in [-0.1, -0.05) is 50.1 Å². The van der Waals surface area contributed by atoms with Crippen molar-refractivity contribution >= 4 is 5.91 Å². The normalized spacial score (nSPS) is 20.4. The van der Waals surface area contributed by atoms with Gasteiger partial charge in [-0.25, -0.2) is 0 Å². The molecule has 0 heterocycles. The second-order valence-electron chi connectivity index (χ2n) is 6.31. The molecular weight excluding hydrogens is 248 g/mol. The summed E-state index contributed by atoms with van der Waals surface area (Å²) in [7, 11) is 0. The highest BCUT2D eigenvalue weighted by Gasteiger charge is 2.35. The molecular formula is C17H26N2O. The summed E-state index contributed by atoms with van der Waals surface area (Å²) in [4.78, 5) is 12.4. The van der Waals surface area contributed by atoms with Gasteiger partial charge in [-0.15, -0.1) is 0 Å². The third-order valence-electron chi connectivity index (χ3n) is 4.88. The van der Waals surface area contributed by atoms with E-state index in [1.165, 1.54) is 25.7 Å². The van der Waals surface area contributed by atoms with Gasteiger partial charge in [0.1, 0.15) is 5.54 Å². The van der Waals surface area contributed by atoms with Crippen LogP contribution in [0.2, 0.25) is 0 Å². The van der Waals surface area contributed by atoms with Gasteiger partial charge in [-0.3, -0.25) is 4.79 Å². The summed E-state index contributed by atoms with van der Waals surface area (Å²) in [6, 6.07) is 9.58. The molecule has 1 aliphatic carbocycles. The van der Waals surface area contributed by atoms with Crippen LogP contribution in [0.5, 0.6) is 0 Å². The van der Waals surface area contributed by atoms with Crippen molar-refractivity contribution in [2.45, 2.75) is 51.5 Å². The van der Waals surface area contributed by atoms with Gasteiger partial charge in [0.15, 0.2) is 0 Å². The van der Waals surface area contributed by atoms with E-state index in [9.17, 15) is 4.79 Å². The molecule has 1 amide bonds. The molecule has 1 unspecified atom stereocenters. The zero-order valence-corrected chi connectivity index (χ0v) is 12.6. The average molecular weight is 274 g/mol. The van der Waals surface area contributed by atoms with Crippen molar-refractivity contribution in [2.24, 2.45) is 11.1 Å². The lowest BCUT2D eigenvalue weighted by atomic mass is 9.83. The largest absolute Gasteiger partial charge is 0.354 e. The minimum atomic E-state index is -0.963. The van der Waals surface area contributed by atoms with E-state index in [1.807, 2.05) is 30.3 Å². The molecule has 0 aromatic heterocycles. The van der Waals surface area contributed by atoms with E-state index in [0.717, 1.165) is 18.5 Å². The van der Waals surface area contributed by atoms with Crippen molar-refractivity contribution in [1.82, 2.24) is 5.32 Å². The monoisotopic (exact) mass is 274 g/mol. The Labute approximate surface area is 121 Å². The van der Waals surface area contributed by atoms with Crippen LogP contribution in [-0.2, 0) is 10.3 Å². The number of nitrogens with one attached hydrogen (secondary N) is 1. The number of carbonyl (C=O) groups excluding carboxylic acids is 1. The zero-order chi connectivity index (χ0) is 14.6. The van der Waals surface area contributed by atoms with Crippen LogP contribution in [0.25, 0.3) is 0 Å². The van der Waals surface area contributed by atoms with E-state index < -0.39 is 5.54 Å². The number of amides is 1. The van der Waals surface area contributed by atoms with Crippen LogP contribution in [0.3, 0.4) is 0 Å². The average Bonchev–Trinajstić information content (AvgIpc) is 2.95. The standard InChI is InChI=1S/C17H26N2O/c1-3-17(11-7-8-12-17)13-19-15(20)16(2,18)14-9-5-4-6-10-14/h4-6,9-10H,3,7-8,11-13,18H2,1-2H3,(H,19,20). The Bertz CT molecular complexity index is 447. The number of benzene rings is 1. The van der Waals surface area contributed by atoms with Gasteiger partial charge in [0.25, 0.3) is 0 Å². The summed E-state index contributed by atoms with van der Waals surface area (Å²) in [6.45, 7) is 4.75. The zero-order valence-electron chi connectivity index (χ0n) is 12.6. The molecule has 0 spiro atoms. The third-order valence-corrected chi connectivity index (χ3v) is 4.88. The molecule has 1 fully saturated rings. The van der Waals surface area contributed by atoms with Crippen LogP contribution < -0.4 is 11.1 Å². The van der Waals surface area contributed by atoms with Gasteiger partial charge in [0.2, 0.25) is 5.91 Å². The molecule has 1 saturated carbocycles. The molecule has 0 bridgehead atoms. The highest BCUT2D eigenvalue weighted by atomic mass is 16.2. The molecule has 1 aromatic rings. The maximum absolute atomic E-state index is 12.4. The summed E-state index contributed by atoms with van der Waals surface area (Å²) in [5.41, 5.74) is 6.43. The Hall–Kier alpha value is -1.35. The summed E-state index contributed by atoms with van der Waals surface area (Å²) in [5.74, 6) is -0.0802. The molecule has 0 saturated heterocycles. The lowest BCUT2D eigenvalue weighted by molar-refractivity contribution is -0.126. The Morgan fingerprint density at radius 3 is 2.45 bits per heavy atom. The minimum absolute atomic E-state index is 0.0802. The van der Waals surface area contributed by atoms with Crippen LogP contribution in [0.15, 0.2) is 30.3 Å². The molecule has 0 radical (unpaired) electrons. The summed E-state index contributed by atoms with van der Waals surface area (Å²) in [5, 5.41) is 3.09. The van der Waals surface area contributed by atoms with Crippen LogP contribution in [0, 0.1) is 5.41 Å². The van der Waals surface area contributed by atoms with E-state index in [0.29, 0.717) is 5.41 Å². The first-order valence-corrected chi connectivity index (χ1v) is 7.63. The molecule has 1 atom stereocenters. The van der Waals surface area contributed by atoms with Gasteiger partial charge >= 0.3 is 0 Å². The van der Waals surface area contributed by atoms with E-state index in [-0.39, 0.29) is 5.91 Å². The maximum atomic E-state index is 12.4. The predicted molar refractivity (Wildman–Crippen MR) is 82.2 cm³/mol. The Balaban J connectivity index is 2.01. The molecule has 1 aromatic carbocycles. The lowest BCUT2D eigenvalue weighted by Crippen LogP contribution is -2.51. The van der Waals surface area contributed by atoms with E-state index in [2.05, 4.69) is 12.2 Å². The summed E-state index contributed by atoms with van der Waals surface area (Å²) < 4.78 is 0.